The highest BCUT2D eigenvalue weighted by Gasteiger charge is 2.02. The van der Waals surface area contributed by atoms with Crippen LogP contribution in [-0.4, -0.2) is 22.5 Å². The van der Waals surface area contributed by atoms with Crippen LogP contribution in [-0.2, 0) is 5.75 Å². The average Bonchev–Trinajstić information content (AvgIpc) is 2.60. The SMILES string of the molecule is OCCSCc1nc2ccccc2s1. The zero-order valence-corrected chi connectivity index (χ0v) is 9.27. The van der Waals surface area contributed by atoms with Crippen molar-refractivity contribution in [3.63, 3.8) is 0 Å². The van der Waals surface area contributed by atoms with Crippen LogP contribution in [0.5, 0.6) is 0 Å². The highest BCUT2D eigenvalue weighted by atomic mass is 32.2. The summed E-state index contributed by atoms with van der Waals surface area (Å²) in [4.78, 5) is 4.50. The molecule has 0 spiro atoms. The average molecular weight is 225 g/mol. The molecule has 1 aromatic heterocycles. The molecule has 0 aliphatic carbocycles. The highest BCUT2D eigenvalue weighted by Crippen LogP contribution is 2.24. The van der Waals surface area contributed by atoms with Crippen molar-refractivity contribution in [3.8, 4) is 0 Å². The number of hydrogen-bond acceptors (Lipinski definition) is 4. The normalized spacial score (nSPS) is 10.9. The van der Waals surface area contributed by atoms with E-state index in [0.717, 1.165) is 22.0 Å². The van der Waals surface area contributed by atoms with Crippen LogP contribution in [0.2, 0.25) is 0 Å². The van der Waals surface area contributed by atoms with E-state index in [1.807, 2.05) is 18.2 Å². The molecule has 0 saturated heterocycles. The second-order valence-corrected chi connectivity index (χ2v) is 5.07. The van der Waals surface area contributed by atoms with Crippen molar-refractivity contribution in [1.29, 1.82) is 0 Å². The lowest BCUT2D eigenvalue weighted by Gasteiger charge is -1.92. The fraction of sp³-hybridized carbons (Fsp3) is 0.300. The van der Waals surface area contributed by atoms with Gasteiger partial charge in [-0.15, -0.1) is 11.3 Å². The number of hydrogen-bond donors (Lipinski definition) is 1. The number of aliphatic hydroxyl groups is 1. The summed E-state index contributed by atoms with van der Waals surface area (Å²) in [7, 11) is 0. The molecule has 14 heavy (non-hydrogen) atoms. The van der Waals surface area contributed by atoms with Crippen LogP contribution < -0.4 is 0 Å². The molecule has 0 amide bonds. The van der Waals surface area contributed by atoms with Gasteiger partial charge in [0, 0.05) is 11.5 Å². The van der Waals surface area contributed by atoms with Gasteiger partial charge in [0.15, 0.2) is 0 Å². The minimum Gasteiger partial charge on any atom is -0.396 e. The first-order chi connectivity index (χ1) is 6.90. The van der Waals surface area contributed by atoms with E-state index >= 15 is 0 Å². The maximum Gasteiger partial charge on any atom is 0.104 e. The van der Waals surface area contributed by atoms with E-state index in [1.165, 1.54) is 4.70 Å². The monoisotopic (exact) mass is 225 g/mol. The van der Waals surface area contributed by atoms with Gasteiger partial charge in [-0.3, -0.25) is 0 Å². The number of benzene rings is 1. The maximum atomic E-state index is 8.65. The molecule has 4 heteroatoms. The number of nitrogens with zero attached hydrogens (tertiary/aromatic N) is 1. The Morgan fingerprint density at radius 1 is 1.36 bits per heavy atom. The van der Waals surface area contributed by atoms with Crippen molar-refractivity contribution in [3.05, 3.63) is 29.3 Å². The predicted octanol–water partition coefficient (Wildman–Crippen LogP) is 2.52. The third-order valence-electron chi connectivity index (χ3n) is 1.80. The number of aromatic nitrogens is 1. The molecule has 74 valence electrons. The van der Waals surface area contributed by atoms with Crippen molar-refractivity contribution in [2.75, 3.05) is 12.4 Å². The van der Waals surface area contributed by atoms with E-state index in [-0.39, 0.29) is 6.61 Å². The largest absolute Gasteiger partial charge is 0.396 e. The van der Waals surface area contributed by atoms with Crippen molar-refractivity contribution >= 4 is 33.3 Å². The van der Waals surface area contributed by atoms with Gasteiger partial charge in [-0.2, -0.15) is 11.8 Å². The molecular formula is C10H11NOS2. The van der Waals surface area contributed by atoms with Gasteiger partial charge in [-0.05, 0) is 12.1 Å². The van der Waals surface area contributed by atoms with Crippen molar-refractivity contribution in [2.45, 2.75) is 5.75 Å². The van der Waals surface area contributed by atoms with Crippen molar-refractivity contribution in [1.82, 2.24) is 4.98 Å². The van der Waals surface area contributed by atoms with Gasteiger partial charge in [0.25, 0.3) is 0 Å². The van der Waals surface area contributed by atoms with Crippen LogP contribution in [0.25, 0.3) is 10.2 Å². The zero-order valence-electron chi connectivity index (χ0n) is 7.64. The number of thioether (sulfide) groups is 1. The first-order valence-electron chi connectivity index (χ1n) is 4.43. The van der Waals surface area contributed by atoms with Gasteiger partial charge in [-0.1, -0.05) is 12.1 Å². The summed E-state index contributed by atoms with van der Waals surface area (Å²) in [5, 5.41) is 9.79. The zero-order chi connectivity index (χ0) is 9.80. The lowest BCUT2D eigenvalue weighted by atomic mass is 10.3. The molecular weight excluding hydrogens is 214 g/mol. The summed E-state index contributed by atoms with van der Waals surface area (Å²) >= 11 is 3.45. The minimum atomic E-state index is 0.246. The summed E-state index contributed by atoms with van der Waals surface area (Å²) in [5.74, 6) is 1.69. The topological polar surface area (TPSA) is 33.1 Å². The predicted molar refractivity (Wildman–Crippen MR) is 62.9 cm³/mol. The van der Waals surface area contributed by atoms with Crippen LogP contribution in [0.15, 0.2) is 24.3 Å². The molecule has 0 aliphatic rings. The second-order valence-electron chi connectivity index (χ2n) is 2.85. The molecule has 0 aliphatic heterocycles. The maximum absolute atomic E-state index is 8.65. The molecule has 2 aromatic rings. The number of rotatable bonds is 4. The number of para-hydroxylation sites is 1. The molecule has 1 aromatic carbocycles. The number of fused-ring (bicyclic) bond motifs is 1. The van der Waals surface area contributed by atoms with Gasteiger partial charge in [0.1, 0.15) is 5.01 Å². The Morgan fingerprint density at radius 3 is 3.00 bits per heavy atom. The summed E-state index contributed by atoms with van der Waals surface area (Å²) in [5.41, 5.74) is 1.08. The second kappa shape index (κ2) is 4.77. The number of thiazole rings is 1. The Kier molecular flexibility index (Phi) is 3.39. The lowest BCUT2D eigenvalue weighted by molar-refractivity contribution is 0.322. The van der Waals surface area contributed by atoms with Gasteiger partial charge < -0.3 is 5.11 Å². The fourth-order valence-corrected chi connectivity index (χ4v) is 2.97. The van der Waals surface area contributed by atoms with E-state index in [0.29, 0.717) is 0 Å². The summed E-state index contributed by atoms with van der Waals surface area (Å²) in [6.45, 7) is 0.246. The Hall–Kier alpha value is -0.580. The van der Waals surface area contributed by atoms with Crippen LogP contribution in [0.4, 0.5) is 0 Å². The first kappa shape index (κ1) is 9.96. The lowest BCUT2D eigenvalue weighted by Crippen LogP contribution is -1.86. The quantitative estimate of drug-likeness (QED) is 0.812. The van der Waals surface area contributed by atoms with E-state index in [1.54, 1.807) is 23.1 Å². The molecule has 0 radical (unpaired) electrons. The van der Waals surface area contributed by atoms with Crippen LogP contribution in [0.3, 0.4) is 0 Å². The summed E-state index contributed by atoms with van der Waals surface area (Å²) < 4.78 is 1.24. The van der Waals surface area contributed by atoms with E-state index in [2.05, 4.69) is 11.1 Å². The Balaban J connectivity index is 2.11. The molecule has 1 heterocycles. The smallest absolute Gasteiger partial charge is 0.104 e. The molecule has 1 N–H and O–H groups in total. The van der Waals surface area contributed by atoms with E-state index in [9.17, 15) is 0 Å². The van der Waals surface area contributed by atoms with Crippen molar-refractivity contribution in [2.24, 2.45) is 0 Å². The Bertz CT molecular complexity index is 380. The third kappa shape index (κ3) is 2.26. The third-order valence-corrected chi connectivity index (χ3v) is 3.97. The fourth-order valence-electron chi connectivity index (χ4n) is 1.21. The van der Waals surface area contributed by atoms with Crippen LogP contribution in [0.1, 0.15) is 5.01 Å². The molecule has 0 bridgehead atoms. The Labute approximate surface area is 91.0 Å². The molecule has 0 atom stereocenters. The summed E-state index contributed by atoms with van der Waals surface area (Å²) in [6.07, 6.45) is 0. The van der Waals surface area contributed by atoms with E-state index < -0.39 is 0 Å². The molecule has 0 unspecified atom stereocenters. The Morgan fingerprint density at radius 2 is 2.21 bits per heavy atom. The number of aliphatic hydroxyl groups excluding tert-OH is 1. The molecule has 2 rings (SSSR count). The highest BCUT2D eigenvalue weighted by molar-refractivity contribution is 7.98. The van der Waals surface area contributed by atoms with Crippen molar-refractivity contribution < 1.29 is 5.11 Å². The first-order valence-corrected chi connectivity index (χ1v) is 6.40. The van der Waals surface area contributed by atoms with Gasteiger partial charge in [0.2, 0.25) is 0 Å². The van der Waals surface area contributed by atoms with E-state index in [4.69, 9.17) is 5.11 Å². The minimum absolute atomic E-state index is 0.246. The molecule has 0 saturated carbocycles. The van der Waals surface area contributed by atoms with Gasteiger partial charge in [-0.25, -0.2) is 4.98 Å². The standard InChI is InChI=1S/C10H11NOS2/c12-5-6-13-7-10-11-8-3-1-2-4-9(8)14-10/h1-4,12H,5-7H2. The van der Waals surface area contributed by atoms with Crippen LogP contribution in [0, 0.1) is 0 Å². The van der Waals surface area contributed by atoms with Gasteiger partial charge >= 0.3 is 0 Å². The van der Waals surface area contributed by atoms with Gasteiger partial charge in [0.05, 0.1) is 16.8 Å². The molecule has 2 nitrogen and oxygen atoms in total. The van der Waals surface area contributed by atoms with Crippen LogP contribution >= 0.6 is 23.1 Å². The summed E-state index contributed by atoms with van der Waals surface area (Å²) in [6, 6.07) is 8.16. The molecule has 0 fully saturated rings.